The van der Waals surface area contributed by atoms with Crippen molar-refractivity contribution in [3.8, 4) is 5.75 Å². The number of nitrogens with two attached hydrogens (primary N) is 1. The van der Waals surface area contributed by atoms with Gasteiger partial charge >= 0.3 is 0 Å². The predicted molar refractivity (Wildman–Crippen MR) is 84.6 cm³/mol. The Morgan fingerprint density at radius 2 is 1.95 bits per heavy atom. The van der Waals surface area contributed by atoms with Gasteiger partial charge in [0.2, 0.25) is 0 Å². The van der Waals surface area contributed by atoms with Gasteiger partial charge in [-0.2, -0.15) is 0 Å². The van der Waals surface area contributed by atoms with Crippen molar-refractivity contribution in [2.75, 3.05) is 18.9 Å². The van der Waals surface area contributed by atoms with Crippen LogP contribution in [0, 0.1) is 13.8 Å². The number of rotatable bonds is 5. The first-order valence-electron chi connectivity index (χ1n) is 6.90. The highest BCUT2D eigenvalue weighted by atomic mass is 16.5. The van der Waals surface area contributed by atoms with Crippen molar-refractivity contribution in [2.24, 2.45) is 0 Å². The van der Waals surface area contributed by atoms with Crippen LogP contribution < -0.4 is 15.8 Å². The smallest absolute Gasteiger partial charge is 0.251 e. The fourth-order valence-electron chi connectivity index (χ4n) is 2.01. The number of anilines is 1. The summed E-state index contributed by atoms with van der Waals surface area (Å²) < 4.78 is 5.54. The van der Waals surface area contributed by atoms with Crippen LogP contribution in [0.5, 0.6) is 5.75 Å². The monoisotopic (exact) mass is 284 g/mol. The SMILES string of the molecule is Cc1ccc(C)c(C(=O)NCCOc2ccccc2N)c1. The number of hydrogen-bond acceptors (Lipinski definition) is 3. The zero-order chi connectivity index (χ0) is 15.2. The summed E-state index contributed by atoms with van der Waals surface area (Å²) in [6.45, 7) is 4.71. The average molecular weight is 284 g/mol. The van der Waals surface area contributed by atoms with Crippen molar-refractivity contribution >= 4 is 11.6 Å². The second-order valence-electron chi connectivity index (χ2n) is 4.96. The molecule has 0 saturated carbocycles. The lowest BCUT2D eigenvalue weighted by molar-refractivity contribution is 0.0946. The Morgan fingerprint density at radius 3 is 2.71 bits per heavy atom. The molecule has 0 aromatic heterocycles. The summed E-state index contributed by atoms with van der Waals surface area (Å²) in [6.07, 6.45) is 0. The summed E-state index contributed by atoms with van der Waals surface area (Å²) in [7, 11) is 0. The Hall–Kier alpha value is -2.49. The first kappa shape index (κ1) is 14.9. The molecule has 0 radical (unpaired) electrons. The quantitative estimate of drug-likeness (QED) is 0.655. The number of amides is 1. The molecular weight excluding hydrogens is 264 g/mol. The summed E-state index contributed by atoms with van der Waals surface area (Å²) in [5.74, 6) is 0.555. The van der Waals surface area contributed by atoms with Crippen molar-refractivity contribution < 1.29 is 9.53 Å². The molecule has 0 fully saturated rings. The minimum Gasteiger partial charge on any atom is -0.490 e. The van der Waals surface area contributed by atoms with Crippen LogP contribution in [0.15, 0.2) is 42.5 Å². The van der Waals surface area contributed by atoms with Crippen LogP contribution in [-0.2, 0) is 0 Å². The van der Waals surface area contributed by atoms with Gasteiger partial charge in [0.1, 0.15) is 12.4 Å². The van der Waals surface area contributed by atoms with Gasteiger partial charge in [-0.05, 0) is 37.6 Å². The summed E-state index contributed by atoms with van der Waals surface area (Å²) in [5, 5.41) is 2.85. The summed E-state index contributed by atoms with van der Waals surface area (Å²) in [5.41, 5.74) is 9.11. The maximum absolute atomic E-state index is 12.1. The van der Waals surface area contributed by atoms with E-state index in [2.05, 4.69) is 5.32 Å². The topological polar surface area (TPSA) is 64.3 Å². The van der Waals surface area contributed by atoms with Gasteiger partial charge in [0.25, 0.3) is 5.91 Å². The molecule has 0 atom stereocenters. The van der Waals surface area contributed by atoms with E-state index < -0.39 is 0 Å². The summed E-state index contributed by atoms with van der Waals surface area (Å²) >= 11 is 0. The molecule has 0 heterocycles. The van der Waals surface area contributed by atoms with E-state index in [1.54, 1.807) is 6.07 Å². The third-order valence-electron chi connectivity index (χ3n) is 3.20. The highest BCUT2D eigenvalue weighted by molar-refractivity contribution is 5.95. The number of carbonyl (C=O) groups excluding carboxylic acids is 1. The zero-order valence-corrected chi connectivity index (χ0v) is 12.3. The summed E-state index contributed by atoms with van der Waals surface area (Å²) in [4.78, 5) is 12.1. The van der Waals surface area contributed by atoms with E-state index in [1.807, 2.05) is 50.2 Å². The van der Waals surface area contributed by atoms with Gasteiger partial charge in [-0.15, -0.1) is 0 Å². The molecule has 0 saturated heterocycles. The lowest BCUT2D eigenvalue weighted by Gasteiger charge is -2.11. The van der Waals surface area contributed by atoms with E-state index >= 15 is 0 Å². The Bertz CT molecular complexity index is 638. The number of carbonyl (C=O) groups is 1. The highest BCUT2D eigenvalue weighted by Crippen LogP contribution is 2.19. The van der Waals surface area contributed by atoms with E-state index in [9.17, 15) is 4.79 Å². The molecule has 1 amide bonds. The molecule has 0 bridgehead atoms. The van der Waals surface area contributed by atoms with Crippen LogP contribution in [0.25, 0.3) is 0 Å². The Balaban J connectivity index is 1.85. The fraction of sp³-hybridized carbons (Fsp3) is 0.235. The standard InChI is InChI=1S/C17H20N2O2/c1-12-7-8-13(2)14(11-12)17(20)19-9-10-21-16-6-4-3-5-15(16)18/h3-8,11H,9-10,18H2,1-2H3,(H,19,20). The Kier molecular flexibility index (Phi) is 4.82. The van der Waals surface area contributed by atoms with E-state index in [4.69, 9.17) is 10.5 Å². The third-order valence-corrected chi connectivity index (χ3v) is 3.20. The zero-order valence-electron chi connectivity index (χ0n) is 12.3. The van der Waals surface area contributed by atoms with Gasteiger partial charge in [-0.3, -0.25) is 4.79 Å². The summed E-state index contributed by atoms with van der Waals surface area (Å²) in [6, 6.07) is 13.1. The van der Waals surface area contributed by atoms with E-state index in [0.29, 0.717) is 30.2 Å². The molecule has 21 heavy (non-hydrogen) atoms. The van der Waals surface area contributed by atoms with Gasteiger partial charge < -0.3 is 15.8 Å². The molecule has 110 valence electrons. The second-order valence-corrected chi connectivity index (χ2v) is 4.96. The number of aryl methyl sites for hydroxylation is 2. The molecule has 3 N–H and O–H groups in total. The number of nitrogens with one attached hydrogen (secondary N) is 1. The molecular formula is C17H20N2O2. The van der Waals surface area contributed by atoms with Gasteiger partial charge in [0.05, 0.1) is 12.2 Å². The van der Waals surface area contributed by atoms with Crippen LogP contribution in [0.4, 0.5) is 5.69 Å². The largest absolute Gasteiger partial charge is 0.490 e. The minimum atomic E-state index is -0.0826. The maximum atomic E-state index is 12.1. The van der Waals surface area contributed by atoms with Crippen LogP contribution in [0.1, 0.15) is 21.5 Å². The fourth-order valence-corrected chi connectivity index (χ4v) is 2.01. The van der Waals surface area contributed by atoms with E-state index in [0.717, 1.165) is 11.1 Å². The first-order chi connectivity index (χ1) is 10.1. The molecule has 0 unspecified atom stereocenters. The maximum Gasteiger partial charge on any atom is 0.251 e. The highest BCUT2D eigenvalue weighted by Gasteiger charge is 2.08. The molecule has 4 heteroatoms. The van der Waals surface area contributed by atoms with Crippen LogP contribution in [0.2, 0.25) is 0 Å². The van der Waals surface area contributed by atoms with Crippen LogP contribution in [-0.4, -0.2) is 19.1 Å². The normalized spacial score (nSPS) is 10.2. The molecule has 0 spiro atoms. The first-order valence-corrected chi connectivity index (χ1v) is 6.90. The molecule has 2 aromatic carbocycles. The lowest BCUT2D eigenvalue weighted by Crippen LogP contribution is -2.28. The molecule has 2 rings (SSSR count). The van der Waals surface area contributed by atoms with Crippen LogP contribution >= 0.6 is 0 Å². The number of para-hydroxylation sites is 2. The molecule has 0 aliphatic carbocycles. The predicted octanol–water partition coefficient (Wildman–Crippen LogP) is 2.69. The average Bonchev–Trinajstić information content (AvgIpc) is 2.47. The van der Waals surface area contributed by atoms with Crippen molar-refractivity contribution in [2.45, 2.75) is 13.8 Å². The second kappa shape index (κ2) is 6.79. The molecule has 2 aromatic rings. The van der Waals surface area contributed by atoms with Crippen molar-refractivity contribution in [3.05, 3.63) is 59.2 Å². The minimum absolute atomic E-state index is 0.0826. The van der Waals surface area contributed by atoms with Gasteiger partial charge in [0.15, 0.2) is 0 Å². The molecule has 0 aliphatic rings. The van der Waals surface area contributed by atoms with Gasteiger partial charge in [-0.25, -0.2) is 0 Å². The number of hydrogen-bond donors (Lipinski definition) is 2. The molecule has 0 aliphatic heterocycles. The Morgan fingerprint density at radius 1 is 1.19 bits per heavy atom. The third kappa shape index (κ3) is 3.99. The Labute approximate surface area is 124 Å². The van der Waals surface area contributed by atoms with Crippen LogP contribution in [0.3, 0.4) is 0 Å². The lowest BCUT2D eigenvalue weighted by atomic mass is 10.1. The number of nitrogen functional groups attached to an aromatic ring is 1. The van der Waals surface area contributed by atoms with Gasteiger partial charge in [-0.1, -0.05) is 29.8 Å². The van der Waals surface area contributed by atoms with Crippen molar-refractivity contribution in [1.29, 1.82) is 0 Å². The number of ether oxygens (including phenoxy) is 1. The van der Waals surface area contributed by atoms with Gasteiger partial charge in [0, 0.05) is 5.56 Å². The number of benzene rings is 2. The van der Waals surface area contributed by atoms with E-state index in [-0.39, 0.29) is 5.91 Å². The van der Waals surface area contributed by atoms with E-state index in [1.165, 1.54) is 0 Å². The molecule has 4 nitrogen and oxygen atoms in total. The van der Waals surface area contributed by atoms with Crippen molar-refractivity contribution in [3.63, 3.8) is 0 Å². The van der Waals surface area contributed by atoms with Crippen molar-refractivity contribution in [1.82, 2.24) is 5.32 Å².